The van der Waals surface area contributed by atoms with E-state index >= 15 is 0 Å². The second-order valence-corrected chi connectivity index (χ2v) is 10.5. The molecule has 1 aromatic heterocycles. The van der Waals surface area contributed by atoms with Crippen LogP contribution in [-0.4, -0.2) is 39.6 Å². The smallest absolute Gasteiger partial charge is 0.225 e. The van der Waals surface area contributed by atoms with Crippen molar-refractivity contribution in [1.82, 2.24) is 9.88 Å². The van der Waals surface area contributed by atoms with Crippen LogP contribution < -0.4 is 0 Å². The second-order valence-electron chi connectivity index (χ2n) is 10.5. The van der Waals surface area contributed by atoms with Crippen LogP contribution in [0.3, 0.4) is 0 Å². The Morgan fingerprint density at radius 1 is 1.23 bits per heavy atom. The van der Waals surface area contributed by atoms with Gasteiger partial charge in [-0.3, -0.25) is 9.78 Å². The fourth-order valence-electron chi connectivity index (χ4n) is 5.23. The number of likely N-dealkylation sites (tertiary alicyclic amines) is 1. The molecule has 1 amide bonds. The third-order valence-electron chi connectivity index (χ3n) is 6.60. The molecule has 0 radical (unpaired) electrons. The van der Waals surface area contributed by atoms with Crippen LogP contribution in [0.15, 0.2) is 18.2 Å². The molecule has 3 aliphatic rings. The number of carbonyl (C=O) groups is 1. The first kappa shape index (κ1) is 18.0. The van der Waals surface area contributed by atoms with Gasteiger partial charge in [0.1, 0.15) is 0 Å². The van der Waals surface area contributed by atoms with Crippen molar-refractivity contribution in [2.75, 3.05) is 13.1 Å². The van der Waals surface area contributed by atoms with Gasteiger partial charge in [0.25, 0.3) is 0 Å². The van der Waals surface area contributed by atoms with Crippen molar-refractivity contribution in [2.45, 2.75) is 70.8 Å². The average Bonchev–Trinajstić information content (AvgIpc) is 2.44. The molecule has 2 saturated carbocycles. The van der Waals surface area contributed by atoms with Crippen LogP contribution >= 0.6 is 0 Å². The zero-order valence-corrected chi connectivity index (χ0v) is 16.6. The number of nitrogens with zero attached hydrogens (tertiary/aromatic N) is 2. The summed E-state index contributed by atoms with van der Waals surface area (Å²) in [5.74, 6) is 1.03. The number of aromatic nitrogens is 1. The Kier molecular flexibility index (Phi) is 4.00. The van der Waals surface area contributed by atoms with Crippen molar-refractivity contribution in [3.63, 3.8) is 0 Å². The zero-order valence-electron chi connectivity index (χ0n) is 16.6. The molecule has 26 heavy (non-hydrogen) atoms. The molecule has 4 heteroatoms. The normalized spacial score (nSPS) is 30.5. The van der Waals surface area contributed by atoms with Gasteiger partial charge in [-0.2, -0.15) is 0 Å². The lowest BCUT2D eigenvalue weighted by atomic mass is 9.56. The van der Waals surface area contributed by atoms with Crippen LogP contribution in [0.4, 0.5) is 0 Å². The summed E-state index contributed by atoms with van der Waals surface area (Å²) in [4.78, 5) is 19.3. The van der Waals surface area contributed by atoms with E-state index in [1.165, 1.54) is 24.2 Å². The summed E-state index contributed by atoms with van der Waals surface area (Å²) in [7, 11) is 0. The molecule has 0 aromatic carbocycles. The van der Waals surface area contributed by atoms with Crippen LogP contribution in [0, 0.1) is 17.3 Å². The monoisotopic (exact) mass is 356 g/mol. The van der Waals surface area contributed by atoms with Crippen molar-refractivity contribution >= 4 is 5.91 Å². The summed E-state index contributed by atoms with van der Waals surface area (Å²) in [5.41, 5.74) is 2.24. The maximum atomic E-state index is 12.4. The molecule has 4 nitrogen and oxygen atoms in total. The first-order valence-electron chi connectivity index (χ1n) is 10.0. The summed E-state index contributed by atoms with van der Waals surface area (Å²) in [5, 5.41) is 9.83. The molecule has 2 heterocycles. The average molecular weight is 357 g/mol. The molecule has 1 saturated heterocycles. The zero-order chi connectivity index (χ0) is 18.7. The Bertz CT molecular complexity index is 697. The van der Waals surface area contributed by atoms with Crippen molar-refractivity contribution in [2.24, 2.45) is 17.3 Å². The van der Waals surface area contributed by atoms with Gasteiger partial charge in [0.2, 0.25) is 5.91 Å². The topological polar surface area (TPSA) is 53.4 Å². The molecule has 1 N–H and O–H groups in total. The van der Waals surface area contributed by atoms with Gasteiger partial charge in [-0.15, -0.1) is 0 Å². The van der Waals surface area contributed by atoms with Crippen molar-refractivity contribution in [3.05, 3.63) is 29.6 Å². The highest BCUT2D eigenvalue weighted by Crippen LogP contribution is 2.53. The number of hydrogen-bond donors (Lipinski definition) is 1. The number of carbonyl (C=O) groups excluding carboxylic acids is 1. The third kappa shape index (κ3) is 3.28. The lowest BCUT2D eigenvalue weighted by Crippen LogP contribution is -2.66. The molecule has 3 fully saturated rings. The highest BCUT2D eigenvalue weighted by Gasteiger charge is 2.55. The molecule has 142 valence electrons. The van der Waals surface area contributed by atoms with E-state index in [1.807, 2.05) is 11.8 Å². The van der Waals surface area contributed by atoms with Crippen LogP contribution in [0.1, 0.15) is 64.8 Å². The molecular formula is C22H32N2O2. The van der Waals surface area contributed by atoms with Crippen molar-refractivity contribution < 1.29 is 9.90 Å². The minimum Gasteiger partial charge on any atom is -0.390 e. The molecule has 0 atom stereocenters. The van der Waals surface area contributed by atoms with E-state index in [1.54, 1.807) is 0 Å². The predicted molar refractivity (Wildman–Crippen MR) is 102 cm³/mol. The van der Waals surface area contributed by atoms with Crippen molar-refractivity contribution in [1.29, 1.82) is 0 Å². The Hall–Kier alpha value is -1.42. The molecular weight excluding hydrogens is 324 g/mol. The SMILES string of the molecule is CC1(O)CC(C(=O)N2CC3(CC(Cc4cccc(C(C)(C)C)n4)C3)C2)C1. The maximum Gasteiger partial charge on any atom is 0.225 e. The standard InChI is InChI=1S/C22H32N2O2/c1-20(2,3)18-7-5-6-17(23-18)8-15-9-22(10-15)13-24(14-22)19(25)16-11-21(4,26)12-16/h5-7,15-16,26H,8-14H2,1-4H3. The van der Waals surface area contributed by atoms with Gasteiger partial charge in [0.15, 0.2) is 0 Å². The van der Waals surface area contributed by atoms with E-state index < -0.39 is 5.60 Å². The molecule has 0 unspecified atom stereocenters. The minimum atomic E-state index is -0.612. The summed E-state index contributed by atoms with van der Waals surface area (Å²) in [6.45, 7) is 10.3. The van der Waals surface area contributed by atoms with Gasteiger partial charge in [-0.25, -0.2) is 0 Å². The van der Waals surface area contributed by atoms with Crippen LogP contribution in [-0.2, 0) is 16.6 Å². The van der Waals surface area contributed by atoms with Gasteiger partial charge in [0.05, 0.1) is 5.60 Å². The van der Waals surface area contributed by atoms with Gasteiger partial charge in [-0.1, -0.05) is 26.8 Å². The molecule has 1 aliphatic heterocycles. The van der Waals surface area contributed by atoms with Crippen molar-refractivity contribution in [3.8, 4) is 0 Å². The van der Waals surface area contributed by atoms with E-state index in [9.17, 15) is 9.90 Å². The Labute approximate surface area is 157 Å². The number of rotatable bonds is 3. The van der Waals surface area contributed by atoms with E-state index in [4.69, 9.17) is 4.98 Å². The largest absolute Gasteiger partial charge is 0.390 e. The van der Waals surface area contributed by atoms with E-state index in [0.717, 1.165) is 19.5 Å². The molecule has 1 aromatic rings. The first-order valence-corrected chi connectivity index (χ1v) is 10.0. The van der Waals surface area contributed by atoms with Crippen LogP contribution in [0.2, 0.25) is 0 Å². The highest BCUT2D eigenvalue weighted by molar-refractivity contribution is 5.81. The Morgan fingerprint density at radius 2 is 1.88 bits per heavy atom. The summed E-state index contributed by atoms with van der Waals surface area (Å²) in [6.07, 6.45) is 4.77. The Morgan fingerprint density at radius 3 is 2.46 bits per heavy atom. The molecule has 2 aliphatic carbocycles. The fourth-order valence-corrected chi connectivity index (χ4v) is 5.23. The number of aliphatic hydroxyl groups is 1. The number of amides is 1. The quantitative estimate of drug-likeness (QED) is 0.904. The predicted octanol–water partition coefficient (Wildman–Crippen LogP) is 3.32. The summed E-state index contributed by atoms with van der Waals surface area (Å²) in [6, 6.07) is 6.41. The highest BCUT2D eigenvalue weighted by atomic mass is 16.3. The van der Waals surface area contributed by atoms with Crippen LogP contribution in [0.25, 0.3) is 0 Å². The molecule has 1 spiro atoms. The van der Waals surface area contributed by atoms with Gasteiger partial charge >= 0.3 is 0 Å². The van der Waals surface area contributed by atoms with Gasteiger partial charge in [-0.05, 0) is 57.1 Å². The number of pyridine rings is 1. The lowest BCUT2D eigenvalue weighted by Gasteiger charge is -2.60. The van der Waals surface area contributed by atoms with E-state index in [2.05, 4.69) is 39.0 Å². The third-order valence-corrected chi connectivity index (χ3v) is 6.60. The van der Waals surface area contributed by atoms with Gasteiger partial charge in [0, 0.05) is 41.2 Å². The maximum absolute atomic E-state index is 12.4. The lowest BCUT2D eigenvalue weighted by molar-refractivity contribution is -0.171. The van der Waals surface area contributed by atoms with Gasteiger partial charge < -0.3 is 10.0 Å². The first-order chi connectivity index (χ1) is 12.1. The van der Waals surface area contributed by atoms with E-state index in [0.29, 0.717) is 24.2 Å². The van der Waals surface area contributed by atoms with Crippen LogP contribution in [0.5, 0.6) is 0 Å². The Balaban J connectivity index is 1.25. The number of hydrogen-bond acceptors (Lipinski definition) is 3. The summed E-state index contributed by atoms with van der Waals surface area (Å²) >= 11 is 0. The molecule has 4 rings (SSSR count). The fraction of sp³-hybridized carbons (Fsp3) is 0.727. The summed E-state index contributed by atoms with van der Waals surface area (Å²) < 4.78 is 0. The minimum absolute atomic E-state index is 0.0579. The molecule has 0 bridgehead atoms. The second kappa shape index (κ2) is 5.79. The van der Waals surface area contributed by atoms with E-state index in [-0.39, 0.29) is 17.2 Å².